The molecule has 1 atom stereocenters. The van der Waals surface area contributed by atoms with Crippen LogP contribution in [0.1, 0.15) is 40.0 Å². The summed E-state index contributed by atoms with van der Waals surface area (Å²) in [5, 5.41) is 0. The van der Waals surface area contributed by atoms with Crippen molar-refractivity contribution in [2.45, 2.75) is 46.4 Å². The highest BCUT2D eigenvalue weighted by Gasteiger charge is 2.06. The molecule has 0 heterocycles. The molecular weight excluding hydrogens is 119 g/mol. The third kappa shape index (κ3) is 4.90. The normalized spacial score (nSPS) is 14.0. The molecule has 60 valence electrons. The Morgan fingerprint density at radius 1 is 1.30 bits per heavy atom. The van der Waals surface area contributed by atoms with Gasteiger partial charge in [0.1, 0.15) is 7.85 Å². The Labute approximate surface area is 66.8 Å². The first-order valence-corrected chi connectivity index (χ1v) is 4.70. The first-order valence-electron chi connectivity index (χ1n) is 4.70. The van der Waals surface area contributed by atoms with E-state index in [1.54, 1.807) is 0 Å². The Morgan fingerprint density at radius 2 is 1.90 bits per heavy atom. The average Bonchev–Trinajstić information content (AvgIpc) is 1.86. The zero-order valence-electron chi connectivity index (χ0n) is 7.98. The van der Waals surface area contributed by atoms with Crippen LogP contribution in [0.5, 0.6) is 0 Å². The van der Waals surface area contributed by atoms with E-state index in [1.807, 2.05) is 0 Å². The van der Waals surface area contributed by atoms with E-state index in [0.29, 0.717) is 0 Å². The van der Waals surface area contributed by atoms with Gasteiger partial charge in [0.15, 0.2) is 0 Å². The highest BCUT2D eigenvalue weighted by atomic mass is 14.1. The Morgan fingerprint density at radius 3 is 2.20 bits per heavy atom. The lowest BCUT2D eigenvalue weighted by molar-refractivity contribution is 0.412. The van der Waals surface area contributed by atoms with E-state index < -0.39 is 0 Å². The number of hydrogen-bond acceptors (Lipinski definition) is 0. The van der Waals surface area contributed by atoms with Crippen LogP contribution in [-0.4, -0.2) is 7.85 Å². The minimum Gasteiger partial charge on any atom is -0.0783 e. The lowest BCUT2D eigenvalue weighted by Crippen LogP contribution is -2.03. The number of rotatable bonds is 5. The smallest absolute Gasteiger partial charge is 0.0783 e. The van der Waals surface area contributed by atoms with Gasteiger partial charge < -0.3 is 0 Å². The largest absolute Gasteiger partial charge is 0.101 e. The van der Waals surface area contributed by atoms with Gasteiger partial charge in [0.05, 0.1) is 0 Å². The molecule has 0 saturated heterocycles. The van der Waals surface area contributed by atoms with Crippen LogP contribution in [0, 0.1) is 11.8 Å². The topological polar surface area (TPSA) is 0 Å². The van der Waals surface area contributed by atoms with E-state index in [4.69, 9.17) is 0 Å². The van der Waals surface area contributed by atoms with Crippen molar-refractivity contribution in [3.63, 3.8) is 0 Å². The quantitative estimate of drug-likeness (QED) is 0.514. The Balaban J connectivity index is 3.39. The zero-order valence-corrected chi connectivity index (χ0v) is 7.98. The molecule has 0 aliphatic rings. The summed E-state index contributed by atoms with van der Waals surface area (Å²) in [7, 11) is 2.31. The van der Waals surface area contributed by atoms with Crippen LogP contribution in [0.4, 0.5) is 0 Å². The first kappa shape index (κ1) is 10.1. The second kappa shape index (κ2) is 5.82. The molecule has 0 radical (unpaired) electrons. The minimum atomic E-state index is 0.886. The van der Waals surface area contributed by atoms with Crippen molar-refractivity contribution in [2.75, 3.05) is 0 Å². The maximum Gasteiger partial charge on any atom is 0.101 e. The molecule has 0 aliphatic heterocycles. The molecule has 0 aliphatic carbocycles. The van der Waals surface area contributed by atoms with Gasteiger partial charge in [-0.05, 0) is 18.3 Å². The zero-order chi connectivity index (χ0) is 7.98. The maximum atomic E-state index is 2.32. The van der Waals surface area contributed by atoms with E-state index in [9.17, 15) is 0 Å². The van der Waals surface area contributed by atoms with Crippen molar-refractivity contribution in [1.82, 2.24) is 0 Å². The van der Waals surface area contributed by atoms with E-state index in [1.165, 1.54) is 25.6 Å². The molecule has 0 spiro atoms. The van der Waals surface area contributed by atoms with Crippen molar-refractivity contribution >= 4 is 7.85 Å². The van der Waals surface area contributed by atoms with Crippen LogP contribution in [-0.2, 0) is 0 Å². The molecule has 0 N–H and O–H groups in total. The molecule has 1 unspecified atom stereocenters. The highest BCUT2D eigenvalue weighted by Crippen LogP contribution is 2.19. The summed E-state index contributed by atoms with van der Waals surface area (Å²) in [6.45, 7) is 6.92. The lowest BCUT2D eigenvalue weighted by Gasteiger charge is -2.15. The van der Waals surface area contributed by atoms with Crippen LogP contribution in [0.15, 0.2) is 0 Å². The van der Waals surface area contributed by atoms with E-state index >= 15 is 0 Å². The molecule has 0 amide bonds. The fourth-order valence-electron chi connectivity index (χ4n) is 1.56. The van der Waals surface area contributed by atoms with Crippen molar-refractivity contribution in [2.24, 2.45) is 11.8 Å². The fraction of sp³-hybridized carbons (Fsp3) is 1.00. The molecule has 0 aromatic rings. The van der Waals surface area contributed by atoms with Crippen LogP contribution in [0.2, 0.25) is 6.32 Å². The van der Waals surface area contributed by atoms with Crippen LogP contribution in [0.25, 0.3) is 0 Å². The van der Waals surface area contributed by atoms with E-state index in [-0.39, 0.29) is 0 Å². The predicted molar refractivity (Wildman–Crippen MR) is 51.2 cm³/mol. The van der Waals surface area contributed by atoms with Gasteiger partial charge in [-0.25, -0.2) is 0 Å². The molecule has 10 heavy (non-hydrogen) atoms. The summed E-state index contributed by atoms with van der Waals surface area (Å²) in [6, 6.07) is 0. The lowest BCUT2D eigenvalue weighted by atomic mass is 9.83. The molecule has 1 heteroatoms. The average molecular weight is 140 g/mol. The van der Waals surface area contributed by atoms with Gasteiger partial charge >= 0.3 is 0 Å². The summed E-state index contributed by atoms with van der Waals surface area (Å²) in [5.74, 6) is 1.88. The second-order valence-electron chi connectivity index (χ2n) is 3.69. The molecule has 0 aromatic carbocycles. The van der Waals surface area contributed by atoms with Crippen molar-refractivity contribution in [3.05, 3.63) is 0 Å². The van der Waals surface area contributed by atoms with Crippen LogP contribution in [0.3, 0.4) is 0 Å². The Bertz CT molecular complexity index is 69.1. The van der Waals surface area contributed by atoms with Crippen molar-refractivity contribution in [3.8, 4) is 0 Å². The summed E-state index contributed by atoms with van der Waals surface area (Å²) in [6.07, 6.45) is 5.57. The molecule has 0 bridgehead atoms. The first-order chi connectivity index (χ1) is 4.70. The second-order valence-corrected chi connectivity index (χ2v) is 3.69. The summed E-state index contributed by atoms with van der Waals surface area (Å²) < 4.78 is 0. The molecule has 0 aromatic heterocycles. The highest BCUT2D eigenvalue weighted by molar-refractivity contribution is 6.08. The third-order valence-electron chi connectivity index (χ3n) is 2.08. The van der Waals surface area contributed by atoms with E-state index in [2.05, 4.69) is 28.6 Å². The Kier molecular flexibility index (Phi) is 5.86. The van der Waals surface area contributed by atoms with Gasteiger partial charge in [0, 0.05) is 0 Å². The van der Waals surface area contributed by atoms with Crippen LogP contribution < -0.4 is 0 Å². The third-order valence-corrected chi connectivity index (χ3v) is 2.08. The number of hydrogen-bond donors (Lipinski definition) is 0. The molecule has 0 rings (SSSR count). The molecule has 0 saturated carbocycles. The van der Waals surface area contributed by atoms with Crippen molar-refractivity contribution in [1.29, 1.82) is 0 Å². The fourth-order valence-corrected chi connectivity index (χ4v) is 1.56. The SMILES string of the molecule is BCC(CCC)CC(C)C. The minimum absolute atomic E-state index is 0.886. The molecule has 0 nitrogen and oxygen atoms in total. The monoisotopic (exact) mass is 140 g/mol. The summed E-state index contributed by atoms with van der Waals surface area (Å²) in [4.78, 5) is 0. The maximum absolute atomic E-state index is 2.32. The van der Waals surface area contributed by atoms with Crippen LogP contribution >= 0.6 is 0 Å². The molecular formula is C9H21B. The predicted octanol–water partition coefficient (Wildman–Crippen LogP) is 2.50. The standard InChI is InChI=1S/C9H21B/c1-4-5-9(7-10)6-8(2)3/h8-9H,4-7,10H2,1-3H3. The summed E-state index contributed by atoms with van der Waals surface area (Å²) in [5.41, 5.74) is 0. The van der Waals surface area contributed by atoms with Crippen molar-refractivity contribution < 1.29 is 0 Å². The van der Waals surface area contributed by atoms with Gasteiger partial charge in [-0.1, -0.05) is 39.9 Å². The Hall–Kier alpha value is 0.0649. The molecule has 0 fully saturated rings. The van der Waals surface area contributed by atoms with E-state index in [0.717, 1.165) is 11.8 Å². The van der Waals surface area contributed by atoms with Gasteiger partial charge in [0.25, 0.3) is 0 Å². The van der Waals surface area contributed by atoms with Gasteiger partial charge in [0.2, 0.25) is 0 Å². The summed E-state index contributed by atoms with van der Waals surface area (Å²) >= 11 is 0. The van der Waals surface area contributed by atoms with Gasteiger partial charge in [-0.3, -0.25) is 0 Å². The van der Waals surface area contributed by atoms with Gasteiger partial charge in [-0.15, -0.1) is 0 Å². The van der Waals surface area contributed by atoms with Gasteiger partial charge in [-0.2, -0.15) is 0 Å².